The maximum Gasteiger partial charge on any atom is 0.340 e. The first kappa shape index (κ1) is 22.8. The molecule has 0 aromatic heterocycles. The molecule has 1 fully saturated rings. The van der Waals surface area contributed by atoms with Gasteiger partial charge in [-0.2, -0.15) is 5.10 Å². The molecule has 2 amide bonds. The molecule has 11 heteroatoms. The first-order chi connectivity index (χ1) is 15.4. The molecular formula is C21H20N4O6S. The number of anilines is 1. The molecule has 1 saturated heterocycles. The fourth-order valence-electron chi connectivity index (χ4n) is 2.90. The van der Waals surface area contributed by atoms with Crippen molar-refractivity contribution in [3.05, 3.63) is 53.6 Å². The molecule has 0 saturated carbocycles. The van der Waals surface area contributed by atoms with E-state index >= 15 is 0 Å². The summed E-state index contributed by atoms with van der Waals surface area (Å²) in [4.78, 5) is 36.0. The van der Waals surface area contributed by atoms with Crippen LogP contribution in [0.25, 0.3) is 0 Å². The van der Waals surface area contributed by atoms with Gasteiger partial charge in [-0.1, -0.05) is 30.0 Å². The Bertz CT molecular complexity index is 1090. The van der Waals surface area contributed by atoms with Crippen LogP contribution in [0.2, 0.25) is 0 Å². The molecule has 2 aromatic carbocycles. The molecule has 2 aromatic rings. The highest BCUT2D eigenvalue weighted by molar-refractivity contribution is 8.15. The van der Waals surface area contributed by atoms with Crippen LogP contribution in [0.4, 0.5) is 5.69 Å². The number of aromatic carboxylic acids is 1. The van der Waals surface area contributed by atoms with Gasteiger partial charge in [-0.3, -0.25) is 9.59 Å². The summed E-state index contributed by atoms with van der Waals surface area (Å²) in [5.74, 6) is -1.55. The van der Waals surface area contributed by atoms with Gasteiger partial charge in [-0.25, -0.2) is 4.79 Å². The Morgan fingerprint density at radius 1 is 1.19 bits per heavy atom. The molecule has 1 aliphatic heterocycles. The van der Waals surface area contributed by atoms with Crippen LogP contribution >= 0.6 is 11.8 Å². The van der Waals surface area contributed by atoms with Gasteiger partial charge in [0.05, 0.1) is 20.4 Å². The van der Waals surface area contributed by atoms with E-state index in [1.54, 1.807) is 30.3 Å². The summed E-state index contributed by atoms with van der Waals surface area (Å²) in [6.45, 7) is 0. The summed E-state index contributed by atoms with van der Waals surface area (Å²) in [6, 6.07) is 12.0. The van der Waals surface area contributed by atoms with E-state index in [-0.39, 0.29) is 46.0 Å². The lowest BCUT2D eigenvalue weighted by Crippen LogP contribution is -2.28. The number of amides is 2. The molecular weight excluding hydrogens is 436 g/mol. The van der Waals surface area contributed by atoms with Crippen LogP contribution in [0.5, 0.6) is 11.5 Å². The van der Waals surface area contributed by atoms with E-state index in [1.807, 2.05) is 6.07 Å². The highest BCUT2D eigenvalue weighted by Crippen LogP contribution is 2.33. The monoisotopic (exact) mass is 456 g/mol. The Labute approximate surface area is 187 Å². The molecule has 0 radical (unpaired) electrons. The van der Waals surface area contributed by atoms with Crippen molar-refractivity contribution in [1.82, 2.24) is 5.32 Å². The van der Waals surface area contributed by atoms with Gasteiger partial charge in [0.1, 0.15) is 10.8 Å². The molecule has 1 atom stereocenters. The number of hydrogen-bond donors (Lipinski definition) is 3. The van der Waals surface area contributed by atoms with Gasteiger partial charge in [0.15, 0.2) is 16.7 Å². The molecule has 32 heavy (non-hydrogen) atoms. The SMILES string of the molecule is COc1ccc(C=NN=C2NC(=O)[C@H](CC(=O)Nc3ccccc3)S2)c(C(=O)O)c1OC. The van der Waals surface area contributed by atoms with Crippen LogP contribution in [0.3, 0.4) is 0 Å². The van der Waals surface area contributed by atoms with Gasteiger partial charge >= 0.3 is 5.97 Å². The fourth-order valence-corrected chi connectivity index (χ4v) is 3.83. The number of nitrogens with zero attached hydrogens (tertiary/aromatic N) is 2. The number of para-hydroxylation sites is 1. The molecule has 3 N–H and O–H groups in total. The molecule has 3 rings (SSSR count). The largest absolute Gasteiger partial charge is 0.493 e. The van der Waals surface area contributed by atoms with Crippen molar-refractivity contribution in [2.45, 2.75) is 11.7 Å². The minimum absolute atomic E-state index is 0.0348. The lowest BCUT2D eigenvalue weighted by atomic mass is 10.1. The van der Waals surface area contributed by atoms with E-state index in [9.17, 15) is 19.5 Å². The predicted molar refractivity (Wildman–Crippen MR) is 121 cm³/mol. The van der Waals surface area contributed by atoms with Crippen LogP contribution in [-0.2, 0) is 9.59 Å². The summed E-state index contributed by atoms with van der Waals surface area (Å²) in [6.07, 6.45) is 1.20. The number of rotatable bonds is 8. The predicted octanol–water partition coefficient (Wildman–Crippen LogP) is 2.35. The van der Waals surface area contributed by atoms with E-state index in [2.05, 4.69) is 20.8 Å². The molecule has 1 heterocycles. The Kier molecular flexibility index (Phi) is 7.45. The Balaban J connectivity index is 1.68. The summed E-state index contributed by atoms with van der Waals surface area (Å²) >= 11 is 1.07. The normalized spacial score (nSPS) is 16.8. The molecule has 0 bridgehead atoms. The number of hydrogen-bond acceptors (Lipinski definition) is 8. The van der Waals surface area contributed by atoms with Crippen LogP contribution < -0.4 is 20.1 Å². The second-order valence-corrected chi connectivity index (χ2v) is 7.63. The maximum absolute atomic E-state index is 12.2. The highest BCUT2D eigenvalue weighted by Gasteiger charge is 2.32. The number of nitrogens with one attached hydrogen (secondary N) is 2. The van der Waals surface area contributed by atoms with Crippen molar-refractivity contribution in [3.63, 3.8) is 0 Å². The minimum Gasteiger partial charge on any atom is -0.493 e. The Hall–Kier alpha value is -3.86. The molecule has 0 aliphatic carbocycles. The van der Waals surface area contributed by atoms with E-state index in [0.29, 0.717) is 5.69 Å². The van der Waals surface area contributed by atoms with Crippen molar-refractivity contribution in [2.75, 3.05) is 19.5 Å². The number of carbonyl (C=O) groups excluding carboxylic acids is 2. The number of benzene rings is 2. The second-order valence-electron chi connectivity index (χ2n) is 6.43. The van der Waals surface area contributed by atoms with Crippen LogP contribution in [0.15, 0.2) is 52.7 Å². The number of ether oxygens (including phenoxy) is 2. The third-order valence-corrected chi connectivity index (χ3v) is 5.41. The summed E-state index contributed by atoms with van der Waals surface area (Å²) < 4.78 is 10.3. The van der Waals surface area contributed by atoms with Crippen LogP contribution in [-0.4, -0.2) is 53.7 Å². The number of carboxylic acids is 1. The van der Waals surface area contributed by atoms with Crippen LogP contribution in [0.1, 0.15) is 22.3 Å². The number of carboxylic acid groups (broad SMARTS) is 1. The lowest BCUT2D eigenvalue weighted by molar-refractivity contribution is -0.122. The van der Waals surface area contributed by atoms with Crippen molar-refractivity contribution in [3.8, 4) is 11.5 Å². The summed E-state index contributed by atoms with van der Waals surface area (Å²) in [5, 5.41) is 22.2. The summed E-state index contributed by atoms with van der Waals surface area (Å²) in [5.41, 5.74) is 0.755. The van der Waals surface area contributed by atoms with Crippen molar-refractivity contribution in [1.29, 1.82) is 0 Å². The van der Waals surface area contributed by atoms with Crippen LogP contribution in [0, 0.1) is 0 Å². The Morgan fingerprint density at radius 3 is 2.59 bits per heavy atom. The van der Waals surface area contributed by atoms with Gasteiger partial charge in [0, 0.05) is 17.7 Å². The van der Waals surface area contributed by atoms with E-state index in [0.717, 1.165) is 11.8 Å². The lowest BCUT2D eigenvalue weighted by Gasteiger charge is -2.11. The average molecular weight is 456 g/mol. The number of methoxy groups -OCH3 is 2. The molecule has 0 spiro atoms. The molecule has 10 nitrogen and oxygen atoms in total. The smallest absolute Gasteiger partial charge is 0.340 e. The van der Waals surface area contributed by atoms with Crippen molar-refractivity contribution in [2.24, 2.45) is 10.2 Å². The van der Waals surface area contributed by atoms with Gasteiger partial charge < -0.3 is 25.2 Å². The average Bonchev–Trinajstić information content (AvgIpc) is 3.12. The van der Waals surface area contributed by atoms with Crippen molar-refractivity contribution < 1.29 is 29.0 Å². The number of amidine groups is 1. The summed E-state index contributed by atoms with van der Waals surface area (Å²) in [7, 11) is 2.74. The molecule has 166 valence electrons. The van der Waals surface area contributed by atoms with Gasteiger partial charge in [-0.05, 0) is 24.3 Å². The fraction of sp³-hybridized carbons (Fsp3) is 0.190. The van der Waals surface area contributed by atoms with E-state index in [1.165, 1.54) is 26.5 Å². The van der Waals surface area contributed by atoms with Crippen molar-refractivity contribution >= 4 is 46.6 Å². The van der Waals surface area contributed by atoms with E-state index < -0.39 is 11.2 Å². The first-order valence-electron chi connectivity index (χ1n) is 9.34. The second kappa shape index (κ2) is 10.4. The maximum atomic E-state index is 12.2. The van der Waals surface area contributed by atoms with Gasteiger partial charge in [0.2, 0.25) is 11.8 Å². The first-order valence-corrected chi connectivity index (χ1v) is 10.2. The third-order valence-electron chi connectivity index (χ3n) is 4.34. The van der Waals surface area contributed by atoms with E-state index in [4.69, 9.17) is 9.47 Å². The topological polar surface area (TPSA) is 139 Å². The number of thioether (sulfide) groups is 1. The zero-order valence-electron chi connectivity index (χ0n) is 17.2. The molecule has 0 unspecified atom stereocenters. The van der Waals surface area contributed by atoms with Gasteiger partial charge in [0.25, 0.3) is 0 Å². The standard InChI is InChI=1S/C21H20N4O6S/c1-30-14-9-8-12(17(20(28)29)18(14)31-2)11-22-25-21-24-19(27)15(32-21)10-16(26)23-13-6-4-3-5-7-13/h3-9,11,15H,10H2,1-2H3,(H,23,26)(H,28,29)(H,24,25,27)/t15-/m0/s1. The number of carbonyl (C=O) groups is 3. The third kappa shape index (κ3) is 5.43. The minimum atomic E-state index is -1.22. The zero-order valence-corrected chi connectivity index (χ0v) is 18.0. The highest BCUT2D eigenvalue weighted by atomic mass is 32.2. The zero-order chi connectivity index (χ0) is 23.1. The quantitative estimate of drug-likeness (QED) is 0.409. The Morgan fingerprint density at radius 2 is 1.94 bits per heavy atom. The van der Waals surface area contributed by atoms with Gasteiger partial charge in [-0.15, -0.1) is 5.10 Å². The molecule has 1 aliphatic rings.